The first kappa shape index (κ1) is 21.2. The molecular formula is C22H26ClN3O3S. The van der Waals surface area contributed by atoms with E-state index >= 15 is 0 Å². The molecule has 0 radical (unpaired) electrons. The van der Waals surface area contributed by atoms with E-state index in [1.165, 1.54) is 16.1 Å². The predicted molar refractivity (Wildman–Crippen MR) is 120 cm³/mol. The molecule has 2 aromatic carbocycles. The Kier molecular flexibility index (Phi) is 6.04. The third-order valence-corrected chi connectivity index (χ3v) is 7.21. The van der Waals surface area contributed by atoms with E-state index in [9.17, 15) is 13.2 Å². The number of hydrogen-bond acceptors (Lipinski definition) is 4. The molecule has 0 spiro atoms. The van der Waals surface area contributed by atoms with Crippen molar-refractivity contribution in [2.75, 3.05) is 43.3 Å². The molecule has 0 aliphatic carbocycles. The molecule has 2 aromatic rings. The highest BCUT2D eigenvalue weighted by atomic mass is 35.5. The molecule has 0 atom stereocenters. The Bertz CT molecular complexity index is 1040. The second kappa shape index (κ2) is 8.57. The van der Waals surface area contributed by atoms with Gasteiger partial charge in [-0.05, 0) is 54.3 Å². The second-order valence-electron chi connectivity index (χ2n) is 7.98. The van der Waals surface area contributed by atoms with Gasteiger partial charge in [0.05, 0.1) is 11.9 Å². The monoisotopic (exact) mass is 447 g/mol. The van der Waals surface area contributed by atoms with Crippen LogP contribution in [0, 0.1) is 0 Å². The molecule has 8 heteroatoms. The number of anilines is 1. The maximum absolute atomic E-state index is 13.1. The van der Waals surface area contributed by atoms with Gasteiger partial charge in [-0.3, -0.25) is 14.0 Å². The highest BCUT2D eigenvalue weighted by Crippen LogP contribution is 2.31. The average molecular weight is 448 g/mol. The van der Waals surface area contributed by atoms with E-state index in [0.29, 0.717) is 30.8 Å². The summed E-state index contributed by atoms with van der Waals surface area (Å²) in [5, 5.41) is 0.736. The van der Waals surface area contributed by atoms with Crippen molar-refractivity contribution in [3.63, 3.8) is 0 Å². The average Bonchev–Trinajstić information content (AvgIpc) is 3.01. The number of benzene rings is 2. The first-order chi connectivity index (χ1) is 14.3. The Morgan fingerprint density at radius 2 is 1.77 bits per heavy atom. The van der Waals surface area contributed by atoms with E-state index < -0.39 is 10.0 Å². The van der Waals surface area contributed by atoms with Crippen molar-refractivity contribution in [2.24, 2.45) is 0 Å². The summed E-state index contributed by atoms with van der Waals surface area (Å²) < 4.78 is 25.3. The van der Waals surface area contributed by atoms with E-state index in [0.717, 1.165) is 43.2 Å². The fourth-order valence-corrected chi connectivity index (χ4v) is 5.30. The molecule has 2 aliphatic rings. The van der Waals surface area contributed by atoms with Crippen LogP contribution in [0.25, 0.3) is 0 Å². The van der Waals surface area contributed by atoms with Crippen LogP contribution < -0.4 is 4.31 Å². The molecular weight excluding hydrogens is 422 g/mol. The highest BCUT2D eigenvalue weighted by Gasteiger charge is 2.28. The maximum atomic E-state index is 13.1. The zero-order chi connectivity index (χ0) is 21.3. The Morgan fingerprint density at radius 1 is 1.00 bits per heavy atom. The number of hydrogen-bond donors (Lipinski definition) is 0. The number of nitrogens with zero attached hydrogens (tertiary/aromatic N) is 3. The number of carbonyl (C=O) groups excluding carboxylic acids is 1. The highest BCUT2D eigenvalue weighted by molar-refractivity contribution is 7.92. The van der Waals surface area contributed by atoms with E-state index in [-0.39, 0.29) is 5.91 Å². The number of carbonyl (C=O) groups is 1. The Labute approximate surface area is 183 Å². The van der Waals surface area contributed by atoms with Gasteiger partial charge in [0, 0.05) is 49.9 Å². The van der Waals surface area contributed by atoms with Crippen LogP contribution in [0.2, 0.25) is 5.02 Å². The summed E-state index contributed by atoms with van der Waals surface area (Å²) in [5.41, 5.74) is 3.47. The summed E-state index contributed by atoms with van der Waals surface area (Å²) >= 11 is 5.97. The van der Waals surface area contributed by atoms with Crippen molar-refractivity contribution in [3.8, 4) is 0 Å². The van der Waals surface area contributed by atoms with E-state index in [1.54, 1.807) is 12.1 Å². The quantitative estimate of drug-likeness (QED) is 0.722. The normalized spacial score (nSPS) is 17.7. The lowest BCUT2D eigenvalue weighted by Gasteiger charge is -2.22. The molecule has 6 nitrogen and oxygen atoms in total. The van der Waals surface area contributed by atoms with Crippen molar-refractivity contribution in [1.29, 1.82) is 0 Å². The molecule has 2 heterocycles. The predicted octanol–water partition coefficient (Wildman–Crippen LogP) is 3.01. The summed E-state index contributed by atoms with van der Waals surface area (Å²) in [4.78, 5) is 17.4. The lowest BCUT2D eigenvalue weighted by atomic mass is 10.1. The van der Waals surface area contributed by atoms with Crippen LogP contribution in [0.1, 0.15) is 27.9 Å². The maximum Gasteiger partial charge on any atom is 0.253 e. The van der Waals surface area contributed by atoms with Gasteiger partial charge in [-0.25, -0.2) is 8.42 Å². The van der Waals surface area contributed by atoms with E-state index in [4.69, 9.17) is 11.6 Å². The molecule has 160 valence electrons. The van der Waals surface area contributed by atoms with Gasteiger partial charge in [0.1, 0.15) is 0 Å². The van der Waals surface area contributed by atoms with Gasteiger partial charge in [-0.2, -0.15) is 0 Å². The van der Waals surface area contributed by atoms with Crippen LogP contribution in [0.5, 0.6) is 0 Å². The molecule has 2 aliphatic heterocycles. The van der Waals surface area contributed by atoms with Gasteiger partial charge in [-0.15, -0.1) is 0 Å². The number of rotatable bonds is 4. The van der Waals surface area contributed by atoms with E-state index in [2.05, 4.69) is 4.90 Å². The smallest absolute Gasteiger partial charge is 0.253 e. The molecule has 0 unspecified atom stereocenters. The largest absolute Gasteiger partial charge is 0.337 e. The molecule has 1 fully saturated rings. The standard InChI is InChI=1S/C22H26ClN3O3S/c1-30(28,29)26-12-9-18-15-19(5-8-21(18)26)22(27)25-11-2-10-24(13-14-25)16-17-3-6-20(23)7-4-17/h3-8,15H,2,9-14,16H2,1H3. The van der Waals surface area contributed by atoms with Crippen LogP contribution in [0.4, 0.5) is 5.69 Å². The van der Waals surface area contributed by atoms with Crippen LogP contribution >= 0.6 is 11.6 Å². The summed E-state index contributed by atoms with van der Waals surface area (Å²) in [7, 11) is -3.28. The number of sulfonamides is 1. The van der Waals surface area contributed by atoms with Gasteiger partial charge in [0.2, 0.25) is 10.0 Å². The number of halogens is 1. The molecule has 1 saturated heterocycles. The van der Waals surface area contributed by atoms with Crippen molar-refractivity contribution < 1.29 is 13.2 Å². The zero-order valence-corrected chi connectivity index (χ0v) is 18.6. The van der Waals surface area contributed by atoms with Gasteiger partial charge in [0.15, 0.2) is 0 Å². The summed E-state index contributed by atoms with van der Waals surface area (Å²) in [6, 6.07) is 13.3. The Morgan fingerprint density at radius 3 is 2.50 bits per heavy atom. The van der Waals surface area contributed by atoms with Gasteiger partial charge in [0.25, 0.3) is 5.91 Å². The zero-order valence-electron chi connectivity index (χ0n) is 17.1. The first-order valence-corrected chi connectivity index (χ1v) is 12.4. The molecule has 0 aromatic heterocycles. The summed E-state index contributed by atoms with van der Waals surface area (Å²) in [5.74, 6) is 0.0175. The lowest BCUT2D eigenvalue weighted by molar-refractivity contribution is 0.0761. The molecule has 0 bridgehead atoms. The van der Waals surface area contributed by atoms with Crippen molar-refractivity contribution >= 4 is 33.2 Å². The van der Waals surface area contributed by atoms with Gasteiger partial charge < -0.3 is 4.90 Å². The lowest BCUT2D eigenvalue weighted by Crippen LogP contribution is -2.35. The van der Waals surface area contributed by atoms with Gasteiger partial charge in [-0.1, -0.05) is 23.7 Å². The van der Waals surface area contributed by atoms with Crippen LogP contribution in [-0.4, -0.2) is 63.1 Å². The van der Waals surface area contributed by atoms with Crippen LogP contribution in [0.3, 0.4) is 0 Å². The van der Waals surface area contributed by atoms with Crippen LogP contribution in [-0.2, 0) is 23.0 Å². The van der Waals surface area contributed by atoms with Crippen molar-refractivity contribution in [1.82, 2.24) is 9.80 Å². The number of amides is 1. The minimum Gasteiger partial charge on any atom is -0.337 e. The topological polar surface area (TPSA) is 60.9 Å². The molecule has 1 amide bonds. The SMILES string of the molecule is CS(=O)(=O)N1CCc2cc(C(=O)N3CCCN(Cc4ccc(Cl)cc4)CC3)ccc21. The number of fused-ring (bicyclic) bond motifs is 1. The molecule has 30 heavy (non-hydrogen) atoms. The first-order valence-electron chi connectivity index (χ1n) is 10.2. The molecule has 4 rings (SSSR count). The fourth-order valence-electron chi connectivity index (χ4n) is 4.21. The van der Waals surface area contributed by atoms with Crippen molar-refractivity contribution in [2.45, 2.75) is 19.4 Å². The van der Waals surface area contributed by atoms with Gasteiger partial charge >= 0.3 is 0 Å². The minimum absolute atomic E-state index is 0.0175. The third kappa shape index (κ3) is 4.63. The molecule has 0 saturated carbocycles. The van der Waals surface area contributed by atoms with Crippen molar-refractivity contribution in [3.05, 3.63) is 64.2 Å². The Balaban J connectivity index is 1.41. The summed E-state index contributed by atoms with van der Waals surface area (Å²) in [6.45, 7) is 4.46. The molecule has 0 N–H and O–H groups in total. The van der Waals surface area contributed by atoms with Crippen LogP contribution in [0.15, 0.2) is 42.5 Å². The fraction of sp³-hybridized carbons (Fsp3) is 0.409. The minimum atomic E-state index is -3.28. The third-order valence-electron chi connectivity index (χ3n) is 5.77. The summed E-state index contributed by atoms with van der Waals surface area (Å²) in [6.07, 6.45) is 2.78. The van der Waals surface area contributed by atoms with E-state index in [1.807, 2.05) is 35.2 Å². The second-order valence-corrected chi connectivity index (χ2v) is 10.3. The Hall–Kier alpha value is -2.09.